The summed E-state index contributed by atoms with van der Waals surface area (Å²) in [4.78, 5) is 2.61. The molecule has 2 nitrogen and oxygen atoms in total. The summed E-state index contributed by atoms with van der Waals surface area (Å²) in [5.41, 5.74) is 0.329. The number of rotatable bonds is 5. The van der Waals surface area contributed by atoms with Gasteiger partial charge in [0.25, 0.3) is 0 Å². The normalized spacial score (nSPS) is 27.4. The largest absolute Gasteiger partial charge is 0.313 e. The second-order valence-electron chi connectivity index (χ2n) is 5.79. The predicted molar refractivity (Wildman–Crippen MR) is 71.9 cm³/mol. The van der Waals surface area contributed by atoms with Gasteiger partial charge in [-0.1, -0.05) is 26.7 Å². The Morgan fingerprint density at radius 1 is 1.19 bits per heavy atom. The van der Waals surface area contributed by atoms with E-state index in [9.17, 15) is 0 Å². The summed E-state index contributed by atoms with van der Waals surface area (Å²) in [5.74, 6) is 0. The number of likely N-dealkylation sites (N-methyl/N-ethyl adjacent to an activating group) is 2. The zero-order valence-electron chi connectivity index (χ0n) is 11.8. The molecule has 2 heteroatoms. The smallest absolute Gasteiger partial charge is 0.0251 e. The molecule has 0 radical (unpaired) electrons. The first kappa shape index (κ1) is 14.0. The van der Waals surface area contributed by atoms with Crippen molar-refractivity contribution in [2.24, 2.45) is 0 Å². The van der Waals surface area contributed by atoms with E-state index in [1.54, 1.807) is 0 Å². The Morgan fingerprint density at radius 2 is 1.81 bits per heavy atom. The fraction of sp³-hybridized carbons (Fsp3) is 1.00. The van der Waals surface area contributed by atoms with Gasteiger partial charge in [0.05, 0.1) is 0 Å². The Hall–Kier alpha value is -0.0800. The molecule has 0 aliphatic heterocycles. The van der Waals surface area contributed by atoms with Gasteiger partial charge < -0.3 is 5.32 Å². The van der Waals surface area contributed by atoms with E-state index in [0.717, 1.165) is 12.6 Å². The quantitative estimate of drug-likeness (QED) is 0.775. The van der Waals surface area contributed by atoms with E-state index in [-0.39, 0.29) is 0 Å². The number of hydrogen-bond donors (Lipinski definition) is 1. The van der Waals surface area contributed by atoms with Crippen LogP contribution in [0.5, 0.6) is 0 Å². The molecule has 0 heterocycles. The topological polar surface area (TPSA) is 15.3 Å². The molecule has 16 heavy (non-hydrogen) atoms. The lowest BCUT2D eigenvalue weighted by Gasteiger charge is -2.46. The average molecular weight is 226 g/mol. The van der Waals surface area contributed by atoms with Crippen LogP contribution in [-0.2, 0) is 0 Å². The van der Waals surface area contributed by atoms with E-state index in [0.29, 0.717) is 11.6 Å². The molecule has 0 aromatic heterocycles. The van der Waals surface area contributed by atoms with E-state index >= 15 is 0 Å². The van der Waals surface area contributed by atoms with Crippen LogP contribution in [0.4, 0.5) is 0 Å². The molecule has 1 saturated carbocycles. The monoisotopic (exact) mass is 226 g/mol. The maximum atomic E-state index is 3.67. The third-order valence-electron chi connectivity index (χ3n) is 4.51. The molecule has 1 N–H and O–H groups in total. The zero-order chi connectivity index (χ0) is 12.2. The first-order valence-corrected chi connectivity index (χ1v) is 6.99. The summed E-state index contributed by atoms with van der Waals surface area (Å²) in [6, 6.07) is 1.43. The van der Waals surface area contributed by atoms with Gasteiger partial charge in [0, 0.05) is 17.6 Å². The first-order valence-electron chi connectivity index (χ1n) is 6.99. The van der Waals surface area contributed by atoms with Crippen LogP contribution < -0.4 is 5.32 Å². The van der Waals surface area contributed by atoms with Gasteiger partial charge in [0.2, 0.25) is 0 Å². The highest BCUT2D eigenvalue weighted by atomic mass is 15.2. The lowest BCUT2D eigenvalue weighted by atomic mass is 9.86. The highest BCUT2D eigenvalue weighted by Crippen LogP contribution is 2.28. The van der Waals surface area contributed by atoms with Crippen molar-refractivity contribution in [3.63, 3.8) is 0 Å². The minimum atomic E-state index is 0.329. The Balaban J connectivity index is 2.66. The maximum absolute atomic E-state index is 3.67. The molecule has 0 aromatic carbocycles. The van der Waals surface area contributed by atoms with Crippen molar-refractivity contribution < 1.29 is 0 Å². The Bertz CT molecular complexity index is 199. The van der Waals surface area contributed by atoms with Gasteiger partial charge in [0.15, 0.2) is 0 Å². The van der Waals surface area contributed by atoms with Crippen molar-refractivity contribution >= 4 is 0 Å². The molecule has 0 spiro atoms. The molecule has 1 aliphatic rings. The van der Waals surface area contributed by atoms with Crippen molar-refractivity contribution in [2.45, 2.75) is 77.4 Å². The Morgan fingerprint density at radius 3 is 2.38 bits per heavy atom. The van der Waals surface area contributed by atoms with Gasteiger partial charge in [-0.25, -0.2) is 0 Å². The van der Waals surface area contributed by atoms with E-state index in [2.05, 4.69) is 45.0 Å². The van der Waals surface area contributed by atoms with Gasteiger partial charge in [0.1, 0.15) is 0 Å². The van der Waals surface area contributed by atoms with Gasteiger partial charge in [-0.15, -0.1) is 0 Å². The first-order chi connectivity index (χ1) is 7.53. The van der Waals surface area contributed by atoms with Crippen molar-refractivity contribution in [1.29, 1.82) is 0 Å². The molecule has 2 unspecified atom stereocenters. The van der Waals surface area contributed by atoms with Crippen LogP contribution in [0.3, 0.4) is 0 Å². The van der Waals surface area contributed by atoms with E-state index in [1.807, 2.05) is 0 Å². The second-order valence-corrected chi connectivity index (χ2v) is 5.79. The van der Waals surface area contributed by atoms with Crippen LogP contribution in [-0.4, -0.2) is 36.1 Å². The number of hydrogen-bond acceptors (Lipinski definition) is 2. The molecule has 0 amide bonds. The molecular weight excluding hydrogens is 196 g/mol. The Labute approximate surface area is 102 Å². The van der Waals surface area contributed by atoms with Crippen LogP contribution in [0, 0.1) is 0 Å². The van der Waals surface area contributed by atoms with Crippen LogP contribution in [0.25, 0.3) is 0 Å². The lowest BCUT2D eigenvalue weighted by molar-refractivity contribution is 0.0544. The van der Waals surface area contributed by atoms with Gasteiger partial charge in [-0.05, 0) is 46.7 Å². The van der Waals surface area contributed by atoms with Crippen LogP contribution in [0.15, 0.2) is 0 Å². The molecule has 96 valence electrons. The third kappa shape index (κ3) is 3.21. The van der Waals surface area contributed by atoms with Crippen LogP contribution in [0.1, 0.15) is 59.8 Å². The van der Waals surface area contributed by atoms with Crippen molar-refractivity contribution in [2.75, 3.05) is 13.6 Å². The fourth-order valence-corrected chi connectivity index (χ4v) is 2.77. The summed E-state index contributed by atoms with van der Waals surface area (Å²) >= 11 is 0. The van der Waals surface area contributed by atoms with E-state index < -0.39 is 0 Å². The summed E-state index contributed by atoms with van der Waals surface area (Å²) in [5, 5.41) is 3.67. The van der Waals surface area contributed by atoms with Gasteiger partial charge >= 0.3 is 0 Å². The standard InChI is InChI=1S/C14H30N2/c1-6-14(3,4)16(5)13-11-9-8-10-12(13)15-7-2/h12-13,15H,6-11H2,1-5H3. The number of nitrogens with one attached hydrogen (secondary N) is 1. The fourth-order valence-electron chi connectivity index (χ4n) is 2.77. The summed E-state index contributed by atoms with van der Waals surface area (Å²) in [7, 11) is 2.31. The summed E-state index contributed by atoms with van der Waals surface area (Å²) < 4.78 is 0. The maximum Gasteiger partial charge on any atom is 0.0251 e. The van der Waals surface area contributed by atoms with E-state index in [4.69, 9.17) is 0 Å². The highest BCUT2D eigenvalue weighted by Gasteiger charge is 2.34. The molecular formula is C14H30N2. The molecule has 0 aromatic rings. The summed E-state index contributed by atoms with van der Waals surface area (Å²) in [6.45, 7) is 10.3. The molecule has 1 aliphatic carbocycles. The summed E-state index contributed by atoms with van der Waals surface area (Å²) in [6.07, 6.45) is 6.73. The van der Waals surface area contributed by atoms with Crippen molar-refractivity contribution in [3.05, 3.63) is 0 Å². The molecule has 2 atom stereocenters. The van der Waals surface area contributed by atoms with Crippen molar-refractivity contribution in [1.82, 2.24) is 10.2 Å². The van der Waals surface area contributed by atoms with Gasteiger partial charge in [-0.2, -0.15) is 0 Å². The van der Waals surface area contributed by atoms with Crippen LogP contribution in [0.2, 0.25) is 0 Å². The number of nitrogens with zero attached hydrogens (tertiary/aromatic N) is 1. The van der Waals surface area contributed by atoms with Crippen LogP contribution >= 0.6 is 0 Å². The van der Waals surface area contributed by atoms with Crippen molar-refractivity contribution in [3.8, 4) is 0 Å². The second kappa shape index (κ2) is 6.02. The van der Waals surface area contributed by atoms with Gasteiger partial charge in [-0.3, -0.25) is 4.90 Å². The highest BCUT2D eigenvalue weighted by molar-refractivity contribution is 4.92. The average Bonchev–Trinajstić information content (AvgIpc) is 2.29. The minimum Gasteiger partial charge on any atom is -0.313 e. The zero-order valence-corrected chi connectivity index (χ0v) is 11.8. The SMILES string of the molecule is CCNC1CCCCC1N(C)C(C)(C)CC. The predicted octanol–water partition coefficient (Wildman–Crippen LogP) is 3.03. The molecule has 0 bridgehead atoms. The molecule has 1 rings (SSSR count). The Kier molecular flexibility index (Phi) is 5.26. The third-order valence-corrected chi connectivity index (χ3v) is 4.51. The molecule has 1 fully saturated rings. The van der Waals surface area contributed by atoms with E-state index in [1.165, 1.54) is 32.1 Å². The molecule has 0 saturated heterocycles. The minimum absolute atomic E-state index is 0.329. The lowest BCUT2D eigenvalue weighted by Crippen LogP contribution is -2.56.